The summed E-state index contributed by atoms with van der Waals surface area (Å²) < 4.78 is 13.7. The Labute approximate surface area is 189 Å². The molecule has 0 radical (unpaired) electrons. The van der Waals surface area contributed by atoms with Crippen LogP contribution in [0.15, 0.2) is 71.7 Å². The lowest BCUT2D eigenvalue weighted by Crippen LogP contribution is -2.35. The number of hydrogen-bond acceptors (Lipinski definition) is 4. The summed E-state index contributed by atoms with van der Waals surface area (Å²) in [6.07, 6.45) is 1.67. The van der Waals surface area contributed by atoms with Gasteiger partial charge in [0.2, 0.25) is 0 Å². The van der Waals surface area contributed by atoms with Crippen LogP contribution in [0.5, 0.6) is 0 Å². The Morgan fingerprint density at radius 2 is 1.84 bits per heavy atom. The van der Waals surface area contributed by atoms with Crippen molar-refractivity contribution < 1.29 is 14.0 Å². The Bertz CT molecular complexity index is 1050. The molecule has 0 aliphatic heterocycles. The number of halogens is 1. The molecule has 0 saturated carbocycles. The second-order valence-corrected chi connectivity index (χ2v) is 8.88. The largest absolute Gasteiger partial charge is 0.350 e. The minimum absolute atomic E-state index is 0.187. The molecule has 1 aromatic heterocycles. The Kier molecular flexibility index (Phi) is 8.44. The third-order valence-electron chi connectivity index (χ3n) is 4.38. The van der Waals surface area contributed by atoms with Crippen molar-refractivity contribution in [2.75, 3.05) is 12.3 Å². The zero-order chi connectivity index (χ0) is 22.1. The molecule has 0 aliphatic carbocycles. The summed E-state index contributed by atoms with van der Waals surface area (Å²) in [5.41, 5.74) is 2.36. The lowest BCUT2D eigenvalue weighted by Gasteiger charge is -2.11. The minimum Gasteiger partial charge on any atom is -0.350 e. The van der Waals surface area contributed by atoms with Gasteiger partial charge in [-0.25, -0.2) is 4.39 Å². The highest BCUT2D eigenvalue weighted by molar-refractivity contribution is 7.98. The van der Waals surface area contributed by atoms with Gasteiger partial charge in [-0.15, -0.1) is 11.3 Å². The number of benzene rings is 2. The molecule has 0 unspecified atom stereocenters. The Balaban J connectivity index is 1.57. The van der Waals surface area contributed by atoms with Gasteiger partial charge in [0.1, 0.15) is 11.5 Å². The maximum Gasteiger partial charge on any atom is 0.267 e. The van der Waals surface area contributed by atoms with Crippen molar-refractivity contribution in [2.24, 2.45) is 0 Å². The normalized spacial score (nSPS) is 11.2. The molecule has 160 valence electrons. The van der Waals surface area contributed by atoms with Crippen molar-refractivity contribution in [3.8, 4) is 0 Å². The number of carbonyl (C=O) groups is 2. The maximum absolute atomic E-state index is 13.7. The topological polar surface area (TPSA) is 58.2 Å². The first kappa shape index (κ1) is 22.8. The Hall–Kier alpha value is -2.90. The van der Waals surface area contributed by atoms with Crippen LogP contribution >= 0.6 is 23.1 Å². The van der Waals surface area contributed by atoms with Crippen molar-refractivity contribution in [3.05, 3.63) is 99.1 Å². The van der Waals surface area contributed by atoms with Gasteiger partial charge in [-0.05, 0) is 48.2 Å². The van der Waals surface area contributed by atoms with E-state index in [1.54, 1.807) is 36.4 Å². The molecule has 3 aromatic rings. The standard InChI is InChI=1S/C24H23FN2O2S2/c1-17-8-10-18(11-9-17)23(28)27-22(15-20-6-4-13-31-20)24(29)26-12-14-30-16-19-5-2-3-7-21(19)25/h2-11,13,15H,12,14,16H2,1H3,(H,26,29)(H,27,28)/b22-15-. The molecule has 0 fully saturated rings. The van der Waals surface area contributed by atoms with E-state index < -0.39 is 0 Å². The average molecular weight is 455 g/mol. The number of carbonyl (C=O) groups excluding carboxylic acids is 2. The second-order valence-electron chi connectivity index (χ2n) is 6.79. The molecule has 0 spiro atoms. The summed E-state index contributed by atoms with van der Waals surface area (Å²) in [5, 5.41) is 7.46. The number of aryl methyl sites for hydroxylation is 1. The van der Waals surface area contributed by atoms with E-state index >= 15 is 0 Å². The average Bonchev–Trinajstić information content (AvgIpc) is 3.27. The van der Waals surface area contributed by atoms with Crippen molar-refractivity contribution in [1.82, 2.24) is 10.6 Å². The molecule has 2 amide bonds. The fourth-order valence-electron chi connectivity index (χ4n) is 2.70. The van der Waals surface area contributed by atoms with Crippen LogP contribution in [0, 0.1) is 12.7 Å². The molecule has 3 rings (SSSR count). The predicted molar refractivity (Wildman–Crippen MR) is 127 cm³/mol. The molecule has 7 heteroatoms. The first-order chi connectivity index (χ1) is 15.0. The summed E-state index contributed by atoms with van der Waals surface area (Å²) >= 11 is 3.01. The van der Waals surface area contributed by atoms with Gasteiger partial charge in [-0.3, -0.25) is 9.59 Å². The molecule has 2 aromatic carbocycles. The highest BCUT2D eigenvalue weighted by Gasteiger charge is 2.14. The number of thiophene rings is 1. The van der Waals surface area contributed by atoms with E-state index in [1.807, 2.05) is 36.6 Å². The van der Waals surface area contributed by atoms with E-state index in [4.69, 9.17) is 0 Å². The summed E-state index contributed by atoms with van der Waals surface area (Å²) in [7, 11) is 0. The smallest absolute Gasteiger partial charge is 0.267 e. The van der Waals surface area contributed by atoms with Gasteiger partial charge in [0, 0.05) is 28.5 Å². The number of hydrogen-bond donors (Lipinski definition) is 2. The van der Waals surface area contributed by atoms with Gasteiger partial charge in [-0.1, -0.05) is 42.0 Å². The van der Waals surface area contributed by atoms with Crippen LogP contribution < -0.4 is 10.6 Å². The van der Waals surface area contributed by atoms with E-state index in [9.17, 15) is 14.0 Å². The molecular formula is C24H23FN2O2S2. The van der Waals surface area contributed by atoms with E-state index in [1.165, 1.54) is 29.2 Å². The zero-order valence-corrected chi connectivity index (χ0v) is 18.7. The molecule has 31 heavy (non-hydrogen) atoms. The number of rotatable bonds is 9. The summed E-state index contributed by atoms with van der Waals surface area (Å²) in [6, 6.07) is 17.6. The number of amides is 2. The van der Waals surface area contributed by atoms with Crippen LogP contribution in [0.2, 0.25) is 0 Å². The van der Waals surface area contributed by atoms with Crippen LogP contribution in [-0.4, -0.2) is 24.1 Å². The lowest BCUT2D eigenvalue weighted by atomic mass is 10.1. The third kappa shape index (κ3) is 7.08. The summed E-state index contributed by atoms with van der Waals surface area (Å²) in [5.74, 6) is 0.231. The first-order valence-corrected chi connectivity index (χ1v) is 11.8. The third-order valence-corrected chi connectivity index (χ3v) is 6.21. The summed E-state index contributed by atoms with van der Waals surface area (Å²) in [4.78, 5) is 26.2. The van der Waals surface area contributed by atoms with Crippen LogP contribution in [0.4, 0.5) is 4.39 Å². The quantitative estimate of drug-likeness (QED) is 0.353. The fourth-order valence-corrected chi connectivity index (χ4v) is 4.21. The van der Waals surface area contributed by atoms with Gasteiger partial charge in [-0.2, -0.15) is 11.8 Å². The molecular weight excluding hydrogens is 431 g/mol. The zero-order valence-electron chi connectivity index (χ0n) is 17.1. The van der Waals surface area contributed by atoms with Gasteiger partial charge >= 0.3 is 0 Å². The highest BCUT2D eigenvalue weighted by Crippen LogP contribution is 2.15. The molecule has 0 saturated heterocycles. The molecule has 4 nitrogen and oxygen atoms in total. The molecule has 0 aliphatic rings. The maximum atomic E-state index is 13.7. The molecule has 2 N–H and O–H groups in total. The van der Waals surface area contributed by atoms with E-state index in [0.717, 1.165) is 10.4 Å². The van der Waals surface area contributed by atoms with Crippen molar-refractivity contribution in [1.29, 1.82) is 0 Å². The number of nitrogens with one attached hydrogen (secondary N) is 2. The van der Waals surface area contributed by atoms with Gasteiger partial charge < -0.3 is 10.6 Å². The van der Waals surface area contributed by atoms with Crippen LogP contribution in [0.3, 0.4) is 0 Å². The lowest BCUT2D eigenvalue weighted by molar-refractivity contribution is -0.117. The predicted octanol–water partition coefficient (Wildman–Crippen LogP) is 5.02. The van der Waals surface area contributed by atoms with Gasteiger partial charge in [0.05, 0.1) is 0 Å². The molecule has 1 heterocycles. The van der Waals surface area contributed by atoms with E-state index in [2.05, 4.69) is 10.6 Å². The van der Waals surface area contributed by atoms with E-state index in [0.29, 0.717) is 29.2 Å². The van der Waals surface area contributed by atoms with Crippen LogP contribution in [0.1, 0.15) is 26.4 Å². The fraction of sp³-hybridized carbons (Fsp3) is 0.167. The van der Waals surface area contributed by atoms with Crippen molar-refractivity contribution >= 4 is 41.0 Å². The Morgan fingerprint density at radius 1 is 1.06 bits per heavy atom. The molecule has 0 bridgehead atoms. The monoisotopic (exact) mass is 454 g/mol. The summed E-state index contributed by atoms with van der Waals surface area (Å²) in [6.45, 7) is 2.35. The van der Waals surface area contributed by atoms with E-state index in [-0.39, 0.29) is 23.3 Å². The van der Waals surface area contributed by atoms with Crippen LogP contribution in [0.25, 0.3) is 6.08 Å². The molecule has 0 atom stereocenters. The van der Waals surface area contributed by atoms with Gasteiger partial charge in [0.15, 0.2) is 0 Å². The minimum atomic E-state index is -0.361. The van der Waals surface area contributed by atoms with Crippen molar-refractivity contribution in [3.63, 3.8) is 0 Å². The van der Waals surface area contributed by atoms with Gasteiger partial charge in [0.25, 0.3) is 11.8 Å². The first-order valence-electron chi connectivity index (χ1n) is 9.75. The second kappa shape index (κ2) is 11.5. The number of thioether (sulfide) groups is 1. The van der Waals surface area contributed by atoms with Crippen LogP contribution in [-0.2, 0) is 10.5 Å². The van der Waals surface area contributed by atoms with Crippen molar-refractivity contribution in [2.45, 2.75) is 12.7 Å². The SMILES string of the molecule is Cc1ccc(C(=O)N/C(=C\c2cccs2)C(=O)NCCSCc2ccccc2F)cc1. The Morgan fingerprint density at radius 3 is 2.55 bits per heavy atom. The highest BCUT2D eigenvalue weighted by atomic mass is 32.2.